The molecule has 1 aliphatic heterocycles. The Morgan fingerprint density at radius 1 is 1.29 bits per heavy atom. The molecule has 0 radical (unpaired) electrons. The van der Waals surface area contributed by atoms with Crippen LogP contribution in [0.1, 0.15) is 25.3 Å². The Morgan fingerprint density at radius 3 is 2.89 bits per heavy atom. The number of ether oxygens (including phenoxy) is 1. The predicted molar refractivity (Wildman–Crippen MR) is 116 cm³/mol. The van der Waals surface area contributed by atoms with Crippen LogP contribution >= 0.6 is 11.3 Å². The highest BCUT2D eigenvalue weighted by Crippen LogP contribution is 2.32. The van der Waals surface area contributed by atoms with Crippen molar-refractivity contribution >= 4 is 38.3 Å². The minimum atomic E-state index is -0.0333. The molecule has 28 heavy (non-hydrogen) atoms. The van der Waals surface area contributed by atoms with Gasteiger partial charge in [0.2, 0.25) is 5.91 Å². The van der Waals surface area contributed by atoms with Gasteiger partial charge in [-0.05, 0) is 68.7 Å². The summed E-state index contributed by atoms with van der Waals surface area (Å²) in [5.41, 5.74) is 3.08. The summed E-state index contributed by atoms with van der Waals surface area (Å²) < 4.78 is 6.66. The molecule has 6 heteroatoms. The quantitative estimate of drug-likeness (QED) is 0.670. The van der Waals surface area contributed by atoms with Gasteiger partial charge in [-0.2, -0.15) is 0 Å². The van der Waals surface area contributed by atoms with Crippen molar-refractivity contribution in [3.63, 3.8) is 0 Å². The van der Waals surface area contributed by atoms with Crippen LogP contribution in [0.4, 0.5) is 10.8 Å². The molecule has 1 unspecified atom stereocenters. The highest BCUT2D eigenvalue weighted by molar-refractivity contribution is 7.22. The first-order valence-electron chi connectivity index (χ1n) is 9.78. The summed E-state index contributed by atoms with van der Waals surface area (Å²) in [6.07, 6.45) is 1.90. The molecular weight excluding hydrogens is 370 g/mol. The zero-order valence-corrected chi connectivity index (χ0v) is 17.1. The van der Waals surface area contributed by atoms with Gasteiger partial charge in [-0.3, -0.25) is 4.79 Å². The highest BCUT2D eigenvalue weighted by atomic mass is 32.1. The van der Waals surface area contributed by atoms with Crippen molar-refractivity contribution in [3.8, 4) is 5.75 Å². The number of carbonyl (C=O) groups is 1. The van der Waals surface area contributed by atoms with Gasteiger partial charge in [0.1, 0.15) is 5.75 Å². The Labute approximate surface area is 169 Å². The van der Waals surface area contributed by atoms with Crippen LogP contribution in [-0.2, 0) is 4.79 Å². The van der Waals surface area contributed by atoms with Gasteiger partial charge in [-0.1, -0.05) is 17.4 Å². The Morgan fingerprint density at radius 2 is 2.11 bits per heavy atom. The summed E-state index contributed by atoms with van der Waals surface area (Å²) in [5.74, 6) is 0.857. The Hall–Kier alpha value is -2.60. The first-order valence-corrected chi connectivity index (χ1v) is 10.6. The van der Waals surface area contributed by atoms with E-state index >= 15 is 0 Å². The molecule has 0 saturated carbocycles. The van der Waals surface area contributed by atoms with Gasteiger partial charge >= 0.3 is 0 Å². The van der Waals surface area contributed by atoms with Crippen LogP contribution < -0.4 is 15.0 Å². The van der Waals surface area contributed by atoms with E-state index in [-0.39, 0.29) is 11.8 Å². The van der Waals surface area contributed by atoms with Crippen LogP contribution in [0, 0.1) is 12.8 Å². The molecule has 146 valence electrons. The van der Waals surface area contributed by atoms with Crippen molar-refractivity contribution in [3.05, 3.63) is 48.0 Å². The molecule has 1 fully saturated rings. The number of fused-ring (bicyclic) bond motifs is 1. The van der Waals surface area contributed by atoms with Gasteiger partial charge in [0.15, 0.2) is 5.13 Å². The second-order valence-corrected chi connectivity index (χ2v) is 8.21. The molecular formula is C22H25N3O2S. The third-order valence-corrected chi connectivity index (χ3v) is 6.11. The molecule has 5 nitrogen and oxygen atoms in total. The number of piperidine rings is 1. The zero-order valence-electron chi connectivity index (χ0n) is 16.3. The molecule has 4 rings (SSSR count). The van der Waals surface area contributed by atoms with Crippen molar-refractivity contribution in [2.45, 2.75) is 26.7 Å². The number of thiazole rings is 1. The summed E-state index contributed by atoms with van der Waals surface area (Å²) >= 11 is 1.71. The van der Waals surface area contributed by atoms with Gasteiger partial charge < -0.3 is 15.0 Å². The maximum Gasteiger partial charge on any atom is 0.229 e. The SMILES string of the molecule is CCOc1ccc(NC(=O)C2CCCN(c3nc4ccc(C)cc4s3)C2)cc1. The van der Waals surface area contributed by atoms with E-state index in [1.165, 1.54) is 10.3 Å². The topological polar surface area (TPSA) is 54.5 Å². The predicted octanol–water partition coefficient (Wildman–Crippen LogP) is 4.86. The number of anilines is 2. The fourth-order valence-electron chi connectivity index (χ4n) is 3.57. The molecule has 1 atom stereocenters. The number of nitrogens with zero attached hydrogens (tertiary/aromatic N) is 2. The van der Waals surface area contributed by atoms with E-state index < -0.39 is 0 Å². The summed E-state index contributed by atoms with van der Waals surface area (Å²) in [5, 5.41) is 4.06. The fraction of sp³-hybridized carbons (Fsp3) is 0.364. The highest BCUT2D eigenvalue weighted by Gasteiger charge is 2.27. The number of carbonyl (C=O) groups excluding carboxylic acids is 1. The van der Waals surface area contributed by atoms with Crippen LogP contribution in [0.5, 0.6) is 5.75 Å². The van der Waals surface area contributed by atoms with E-state index in [1.54, 1.807) is 11.3 Å². The average Bonchev–Trinajstić information content (AvgIpc) is 3.13. The van der Waals surface area contributed by atoms with Crippen LogP contribution in [0.3, 0.4) is 0 Å². The number of hydrogen-bond acceptors (Lipinski definition) is 5. The standard InChI is InChI=1S/C22H25N3O2S/c1-3-27-18-9-7-17(8-10-18)23-21(26)16-5-4-12-25(14-16)22-24-19-11-6-15(2)13-20(19)28-22/h6-11,13,16H,3-5,12,14H2,1-2H3,(H,23,26). The van der Waals surface area contributed by atoms with Gasteiger partial charge in [-0.15, -0.1) is 0 Å². The number of aryl methyl sites for hydroxylation is 1. The molecule has 2 aromatic carbocycles. The van der Waals surface area contributed by atoms with Crippen molar-refractivity contribution in [1.82, 2.24) is 4.98 Å². The molecule has 1 N–H and O–H groups in total. The smallest absolute Gasteiger partial charge is 0.229 e. The maximum atomic E-state index is 12.8. The Balaban J connectivity index is 1.42. The van der Waals surface area contributed by atoms with Crippen LogP contribution in [-0.4, -0.2) is 30.6 Å². The summed E-state index contributed by atoms with van der Waals surface area (Å²) in [6, 6.07) is 13.9. The van der Waals surface area contributed by atoms with E-state index in [1.807, 2.05) is 31.2 Å². The van der Waals surface area contributed by atoms with Crippen molar-refractivity contribution < 1.29 is 9.53 Å². The number of aromatic nitrogens is 1. The average molecular weight is 396 g/mol. The molecule has 0 bridgehead atoms. The number of amides is 1. The monoisotopic (exact) mass is 395 g/mol. The number of nitrogens with one attached hydrogen (secondary N) is 1. The molecule has 1 aromatic heterocycles. The normalized spacial score (nSPS) is 16.9. The van der Waals surface area contributed by atoms with E-state index in [0.29, 0.717) is 13.2 Å². The minimum Gasteiger partial charge on any atom is -0.494 e. The van der Waals surface area contributed by atoms with E-state index in [4.69, 9.17) is 9.72 Å². The molecule has 0 spiro atoms. The molecule has 3 aromatic rings. The van der Waals surface area contributed by atoms with Crippen LogP contribution in [0.2, 0.25) is 0 Å². The maximum absolute atomic E-state index is 12.8. The lowest BCUT2D eigenvalue weighted by atomic mass is 9.97. The second-order valence-electron chi connectivity index (χ2n) is 7.20. The minimum absolute atomic E-state index is 0.0333. The van der Waals surface area contributed by atoms with E-state index in [0.717, 1.165) is 41.5 Å². The first kappa shape index (κ1) is 18.7. The van der Waals surface area contributed by atoms with Crippen LogP contribution in [0.25, 0.3) is 10.2 Å². The molecule has 2 heterocycles. The lowest BCUT2D eigenvalue weighted by molar-refractivity contribution is -0.120. The largest absolute Gasteiger partial charge is 0.494 e. The fourth-order valence-corrected chi connectivity index (χ4v) is 4.66. The lowest BCUT2D eigenvalue weighted by Gasteiger charge is -2.31. The van der Waals surface area contributed by atoms with Gasteiger partial charge in [0.25, 0.3) is 0 Å². The van der Waals surface area contributed by atoms with Crippen molar-refractivity contribution in [2.75, 3.05) is 29.9 Å². The van der Waals surface area contributed by atoms with Crippen LogP contribution in [0.15, 0.2) is 42.5 Å². The molecule has 1 saturated heterocycles. The third-order valence-electron chi connectivity index (χ3n) is 5.03. The molecule has 0 aliphatic carbocycles. The molecule has 1 aliphatic rings. The van der Waals surface area contributed by atoms with Gasteiger partial charge in [0.05, 0.1) is 22.7 Å². The Bertz CT molecular complexity index is 968. The van der Waals surface area contributed by atoms with E-state index in [9.17, 15) is 4.79 Å². The third kappa shape index (κ3) is 4.12. The van der Waals surface area contributed by atoms with E-state index in [2.05, 4.69) is 35.3 Å². The zero-order chi connectivity index (χ0) is 19.5. The number of hydrogen-bond donors (Lipinski definition) is 1. The van der Waals surface area contributed by atoms with Crippen molar-refractivity contribution in [1.29, 1.82) is 0 Å². The number of benzene rings is 2. The second kappa shape index (κ2) is 8.19. The summed E-state index contributed by atoms with van der Waals surface area (Å²) in [4.78, 5) is 19.8. The summed E-state index contributed by atoms with van der Waals surface area (Å²) in [7, 11) is 0. The lowest BCUT2D eigenvalue weighted by Crippen LogP contribution is -2.40. The Kier molecular flexibility index (Phi) is 5.48. The van der Waals surface area contributed by atoms with Gasteiger partial charge in [0, 0.05) is 18.8 Å². The molecule has 1 amide bonds. The summed E-state index contributed by atoms with van der Waals surface area (Å²) in [6.45, 7) is 6.35. The number of rotatable bonds is 5. The van der Waals surface area contributed by atoms with Crippen molar-refractivity contribution in [2.24, 2.45) is 5.92 Å². The first-order chi connectivity index (χ1) is 13.6. The van der Waals surface area contributed by atoms with Gasteiger partial charge in [-0.25, -0.2) is 4.98 Å².